The molecule has 4 heterocycles. The Morgan fingerprint density at radius 1 is 1.26 bits per heavy atom. The van der Waals surface area contributed by atoms with E-state index >= 15 is 0 Å². The second kappa shape index (κ2) is 6.07. The Bertz CT molecular complexity index is 574. The van der Waals surface area contributed by atoms with Gasteiger partial charge in [-0.2, -0.15) is 0 Å². The molecule has 0 saturated carbocycles. The molecule has 0 aliphatic carbocycles. The third kappa shape index (κ3) is 2.92. The molecule has 1 aromatic heterocycles. The lowest BCUT2D eigenvalue weighted by Crippen LogP contribution is -2.48. The van der Waals surface area contributed by atoms with Gasteiger partial charge >= 0.3 is 0 Å². The van der Waals surface area contributed by atoms with Crippen molar-refractivity contribution >= 4 is 11.9 Å². The molecule has 0 spiro atoms. The monoisotopic (exact) mass is 315 g/mol. The van der Waals surface area contributed by atoms with Crippen LogP contribution in [0, 0.1) is 0 Å². The van der Waals surface area contributed by atoms with Crippen LogP contribution in [0.25, 0.3) is 0 Å². The van der Waals surface area contributed by atoms with E-state index < -0.39 is 0 Å². The van der Waals surface area contributed by atoms with Gasteiger partial charge in [0.2, 0.25) is 5.95 Å². The molecule has 1 aromatic rings. The number of carbonyl (C=O) groups excluding carboxylic acids is 1. The number of aromatic nitrogens is 2. The van der Waals surface area contributed by atoms with E-state index in [4.69, 9.17) is 0 Å². The first-order chi connectivity index (χ1) is 11.2. The predicted octanol–water partition coefficient (Wildman–Crippen LogP) is 1.43. The number of nitrogens with zero attached hydrogens (tertiary/aromatic N) is 4. The Hall–Kier alpha value is -1.69. The van der Waals surface area contributed by atoms with Crippen LogP contribution in [0.2, 0.25) is 0 Å². The molecule has 2 unspecified atom stereocenters. The molecule has 23 heavy (non-hydrogen) atoms. The minimum atomic E-state index is 0.0270. The summed E-state index contributed by atoms with van der Waals surface area (Å²) >= 11 is 0. The average Bonchev–Trinajstić information content (AvgIpc) is 3.23. The Labute approximate surface area is 137 Å². The lowest BCUT2D eigenvalue weighted by Gasteiger charge is -2.35. The van der Waals surface area contributed by atoms with Crippen molar-refractivity contribution in [3.05, 3.63) is 18.0 Å². The number of fused-ring (bicyclic) bond motifs is 2. The summed E-state index contributed by atoms with van der Waals surface area (Å²) < 4.78 is 0. The van der Waals surface area contributed by atoms with Gasteiger partial charge in [0, 0.05) is 44.5 Å². The molecule has 6 heteroatoms. The summed E-state index contributed by atoms with van der Waals surface area (Å²) in [6.07, 6.45) is 8.68. The quantitative estimate of drug-likeness (QED) is 0.914. The van der Waals surface area contributed by atoms with Crippen LogP contribution in [0.5, 0.6) is 0 Å². The number of hydrogen-bond donors (Lipinski definition) is 1. The maximum absolute atomic E-state index is 12.8. The molecular weight excluding hydrogens is 290 g/mol. The summed E-state index contributed by atoms with van der Waals surface area (Å²) in [6.45, 7) is 1.98. The van der Waals surface area contributed by atoms with Gasteiger partial charge in [-0.1, -0.05) is 0 Å². The van der Waals surface area contributed by atoms with Gasteiger partial charge < -0.3 is 15.1 Å². The van der Waals surface area contributed by atoms with Crippen LogP contribution in [0.3, 0.4) is 0 Å². The zero-order valence-electron chi connectivity index (χ0n) is 13.7. The fraction of sp³-hybridized carbons (Fsp3) is 0.706. The third-order valence-electron chi connectivity index (χ3n) is 5.57. The molecule has 0 radical (unpaired) electrons. The molecular formula is C17H25N5O. The SMILES string of the molecule is CN(C(=O)c1ccnc(N2CCCC2)n1)C1CC2CCC(C1)N2. The average molecular weight is 315 g/mol. The molecule has 3 saturated heterocycles. The minimum Gasteiger partial charge on any atom is -0.341 e. The normalized spacial score (nSPS) is 29.8. The van der Waals surface area contributed by atoms with Gasteiger partial charge in [0.25, 0.3) is 5.91 Å². The van der Waals surface area contributed by atoms with Crippen LogP contribution in [0.4, 0.5) is 5.95 Å². The first-order valence-corrected chi connectivity index (χ1v) is 8.82. The number of piperidine rings is 1. The maximum Gasteiger partial charge on any atom is 0.272 e. The second-order valence-electron chi connectivity index (χ2n) is 7.12. The summed E-state index contributed by atoms with van der Waals surface area (Å²) in [6, 6.07) is 3.24. The predicted molar refractivity (Wildman–Crippen MR) is 88.5 cm³/mol. The van der Waals surface area contributed by atoms with Crippen LogP contribution in [0.1, 0.15) is 49.0 Å². The van der Waals surface area contributed by atoms with E-state index in [1.807, 2.05) is 11.9 Å². The van der Waals surface area contributed by atoms with Crippen molar-refractivity contribution in [2.24, 2.45) is 0 Å². The van der Waals surface area contributed by atoms with Gasteiger partial charge in [0.15, 0.2) is 0 Å². The lowest BCUT2D eigenvalue weighted by atomic mass is 9.98. The van der Waals surface area contributed by atoms with Gasteiger partial charge in [-0.25, -0.2) is 9.97 Å². The van der Waals surface area contributed by atoms with Crippen molar-refractivity contribution in [2.45, 2.75) is 56.7 Å². The van der Waals surface area contributed by atoms with E-state index in [-0.39, 0.29) is 5.91 Å². The molecule has 3 aliphatic heterocycles. The number of rotatable bonds is 3. The molecule has 124 valence electrons. The fourth-order valence-corrected chi connectivity index (χ4v) is 4.23. The Balaban J connectivity index is 1.48. The maximum atomic E-state index is 12.8. The molecule has 3 aliphatic rings. The summed E-state index contributed by atoms with van der Waals surface area (Å²) in [4.78, 5) is 25.8. The number of hydrogen-bond acceptors (Lipinski definition) is 5. The third-order valence-corrected chi connectivity index (χ3v) is 5.57. The van der Waals surface area contributed by atoms with Crippen LogP contribution < -0.4 is 10.2 Å². The van der Waals surface area contributed by atoms with Gasteiger partial charge in [-0.3, -0.25) is 4.79 Å². The molecule has 6 nitrogen and oxygen atoms in total. The van der Waals surface area contributed by atoms with Crippen LogP contribution in [-0.2, 0) is 0 Å². The Kier molecular flexibility index (Phi) is 3.93. The van der Waals surface area contributed by atoms with E-state index in [1.54, 1.807) is 12.3 Å². The van der Waals surface area contributed by atoms with Crippen molar-refractivity contribution in [3.63, 3.8) is 0 Å². The van der Waals surface area contributed by atoms with E-state index in [1.165, 1.54) is 25.7 Å². The molecule has 2 atom stereocenters. The first kappa shape index (κ1) is 14.9. The van der Waals surface area contributed by atoms with Gasteiger partial charge in [-0.05, 0) is 44.6 Å². The van der Waals surface area contributed by atoms with Gasteiger partial charge in [0.1, 0.15) is 5.69 Å². The highest BCUT2D eigenvalue weighted by Gasteiger charge is 2.36. The van der Waals surface area contributed by atoms with Crippen molar-refractivity contribution < 1.29 is 4.79 Å². The fourth-order valence-electron chi connectivity index (χ4n) is 4.23. The molecule has 0 aromatic carbocycles. The van der Waals surface area contributed by atoms with Crippen LogP contribution in [0.15, 0.2) is 12.3 Å². The zero-order chi connectivity index (χ0) is 15.8. The molecule has 1 N–H and O–H groups in total. The topological polar surface area (TPSA) is 61.4 Å². The molecule has 1 amide bonds. The number of amides is 1. The summed E-state index contributed by atoms with van der Waals surface area (Å²) in [5.74, 6) is 0.728. The van der Waals surface area contributed by atoms with Crippen molar-refractivity contribution in [1.82, 2.24) is 20.2 Å². The summed E-state index contributed by atoms with van der Waals surface area (Å²) in [7, 11) is 1.93. The highest BCUT2D eigenvalue weighted by Crippen LogP contribution is 2.29. The standard InChI is InChI=1S/C17H25N5O/c1-21(14-10-12-4-5-13(11-14)19-12)16(23)15-6-7-18-17(20-15)22-8-2-3-9-22/h6-7,12-14,19H,2-5,8-11H2,1H3. The van der Waals surface area contributed by atoms with Crippen LogP contribution in [-0.4, -0.2) is 59.0 Å². The van der Waals surface area contributed by atoms with Crippen molar-refractivity contribution in [1.29, 1.82) is 0 Å². The number of carbonyl (C=O) groups is 1. The zero-order valence-corrected chi connectivity index (χ0v) is 13.7. The van der Waals surface area contributed by atoms with Crippen LogP contribution >= 0.6 is 0 Å². The Morgan fingerprint density at radius 3 is 2.65 bits per heavy atom. The van der Waals surface area contributed by atoms with Crippen molar-refractivity contribution in [3.8, 4) is 0 Å². The van der Waals surface area contributed by atoms with E-state index in [2.05, 4.69) is 20.2 Å². The highest BCUT2D eigenvalue weighted by molar-refractivity contribution is 5.92. The van der Waals surface area contributed by atoms with Gasteiger partial charge in [-0.15, -0.1) is 0 Å². The minimum absolute atomic E-state index is 0.0270. The number of nitrogens with one attached hydrogen (secondary N) is 1. The van der Waals surface area contributed by atoms with Gasteiger partial charge in [0.05, 0.1) is 0 Å². The first-order valence-electron chi connectivity index (χ1n) is 8.82. The molecule has 2 bridgehead atoms. The summed E-state index contributed by atoms with van der Waals surface area (Å²) in [5, 5.41) is 3.63. The van der Waals surface area contributed by atoms with E-state index in [0.717, 1.165) is 25.9 Å². The molecule has 4 rings (SSSR count). The number of anilines is 1. The Morgan fingerprint density at radius 2 is 1.96 bits per heavy atom. The summed E-state index contributed by atoms with van der Waals surface area (Å²) in [5.41, 5.74) is 0.523. The highest BCUT2D eigenvalue weighted by atomic mass is 16.2. The van der Waals surface area contributed by atoms with E-state index in [0.29, 0.717) is 29.8 Å². The lowest BCUT2D eigenvalue weighted by molar-refractivity contribution is 0.0675. The molecule has 3 fully saturated rings. The smallest absolute Gasteiger partial charge is 0.272 e. The largest absolute Gasteiger partial charge is 0.341 e. The van der Waals surface area contributed by atoms with E-state index in [9.17, 15) is 4.79 Å². The van der Waals surface area contributed by atoms with Crippen molar-refractivity contribution in [2.75, 3.05) is 25.0 Å². The second-order valence-corrected chi connectivity index (χ2v) is 7.12.